The number of carbonyl (C=O) groups is 1. The van der Waals surface area contributed by atoms with Crippen molar-refractivity contribution in [3.63, 3.8) is 0 Å². The van der Waals surface area contributed by atoms with Crippen molar-refractivity contribution in [2.45, 2.75) is 24.8 Å². The van der Waals surface area contributed by atoms with E-state index in [0.29, 0.717) is 18.0 Å². The van der Waals surface area contributed by atoms with Crippen molar-refractivity contribution in [3.8, 4) is 0 Å². The van der Waals surface area contributed by atoms with Crippen molar-refractivity contribution in [1.82, 2.24) is 5.32 Å². The third kappa shape index (κ3) is 3.18. The highest BCUT2D eigenvalue weighted by atomic mass is 32.2. The predicted molar refractivity (Wildman–Crippen MR) is 89.6 cm³/mol. The lowest BCUT2D eigenvalue weighted by molar-refractivity contribution is 0.0948. The van der Waals surface area contributed by atoms with E-state index < -0.39 is 10.0 Å². The Balaban J connectivity index is 1.86. The van der Waals surface area contributed by atoms with Crippen LogP contribution < -0.4 is 10.2 Å². The van der Waals surface area contributed by atoms with E-state index in [0.717, 1.165) is 6.42 Å². The number of sulfonamides is 1. The Hall–Kier alpha value is -2.61. The molecule has 2 aromatic rings. The first-order chi connectivity index (χ1) is 11.5. The number of rotatable bonds is 5. The molecule has 2 heterocycles. The summed E-state index contributed by atoms with van der Waals surface area (Å²) in [5.74, 6) is 0.244. The van der Waals surface area contributed by atoms with Crippen LogP contribution in [0.3, 0.4) is 0 Å². The highest BCUT2D eigenvalue weighted by Gasteiger charge is 2.26. The van der Waals surface area contributed by atoms with Crippen LogP contribution in [0.4, 0.5) is 5.69 Å². The smallest absolute Gasteiger partial charge is 0.285 e. The molecule has 0 atom stereocenters. The lowest BCUT2D eigenvalue weighted by atomic mass is 10.1. The van der Waals surface area contributed by atoms with Gasteiger partial charge in [0, 0.05) is 12.1 Å². The van der Waals surface area contributed by atoms with Crippen molar-refractivity contribution in [1.29, 1.82) is 0 Å². The average molecular weight is 347 g/mol. The predicted octanol–water partition coefficient (Wildman–Crippen LogP) is 2.16. The Morgan fingerprint density at radius 1 is 1.33 bits per heavy atom. The second-order valence-electron chi connectivity index (χ2n) is 5.33. The summed E-state index contributed by atoms with van der Waals surface area (Å²) in [5.41, 5.74) is 0.798. The standard InChI is InChI=1S/C16H17N3O4S/c1-2-7-19-11-18-24(21,22)15-9-12(5-6-14(15)19)16(20)17-10-13-4-3-8-23-13/h3-6,8-9,11H,2,7,10H2,1H3,(H,17,20). The molecule has 126 valence electrons. The molecule has 0 fully saturated rings. The van der Waals surface area contributed by atoms with E-state index in [1.165, 1.54) is 18.7 Å². The molecular formula is C16H17N3O4S. The Kier molecular flexibility index (Phi) is 4.39. The zero-order valence-electron chi connectivity index (χ0n) is 13.1. The topological polar surface area (TPSA) is 92.0 Å². The minimum atomic E-state index is -3.78. The van der Waals surface area contributed by atoms with Crippen LogP contribution in [-0.4, -0.2) is 27.2 Å². The summed E-state index contributed by atoms with van der Waals surface area (Å²) < 4.78 is 33.1. The molecule has 1 amide bonds. The number of hydrogen-bond donors (Lipinski definition) is 1. The SMILES string of the molecule is CCCN1C=NS(=O)(=O)c2cc(C(=O)NCc3ccco3)ccc21. The van der Waals surface area contributed by atoms with Gasteiger partial charge in [0.15, 0.2) is 0 Å². The number of nitrogens with one attached hydrogen (secondary N) is 1. The van der Waals surface area contributed by atoms with E-state index >= 15 is 0 Å². The third-order valence-corrected chi connectivity index (χ3v) is 4.86. The zero-order valence-corrected chi connectivity index (χ0v) is 13.9. The fraction of sp³-hybridized carbons (Fsp3) is 0.250. The average Bonchev–Trinajstić information content (AvgIpc) is 3.09. The highest BCUT2D eigenvalue weighted by molar-refractivity contribution is 7.90. The molecule has 0 radical (unpaired) electrons. The van der Waals surface area contributed by atoms with Gasteiger partial charge >= 0.3 is 0 Å². The van der Waals surface area contributed by atoms with Crippen LogP contribution >= 0.6 is 0 Å². The first-order valence-corrected chi connectivity index (χ1v) is 8.97. The number of amides is 1. The molecule has 0 unspecified atom stereocenters. The van der Waals surface area contributed by atoms with Gasteiger partial charge in [-0.1, -0.05) is 6.92 Å². The maximum atomic E-state index is 12.2. The van der Waals surface area contributed by atoms with Gasteiger partial charge in [0.05, 0.1) is 18.5 Å². The Morgan fingerprint density at radius 2 is 2.17 bits per heavy atom. The number of hydrogen-bond acceptors (Lipinski definition) is 5. The van der Waals surface area contributed by atoms with E-state index in [1.54, 1.807) is 29.2 Å². The molecule has 1 aromatic heterocycles. The van der Waals surface area contributed by atoms with Crippen molar-refractivity contribution < 1.29 is 17.6 Å². The molecule has 24 heavy (non-hydrogen) atoms. The zero-order chi connectivity index (χ0) is 17.2. The van der Waals surface area contributed by atoms with Crippen molar-refractivity contribution in [3.05, 3.63) is 47.9 Å². The molecule has 0 saturated heterocycles. The van der Waals surface area contributed by atoms with Gasteiger partial charge in [-0.15, -0.1) is 4.40 Å². The van der Waals surface area contributed by atoms with Crippen LogP contribution in [0.2, 0.25) is 0 Å². The molecule has 8 heteroatoms. The molecule has 1 N–H and O–H groups in total. The quantitative estimate of drug-likeness (QED) is 0.895. The molecule has 7 nitrogen and oxygen atoms in total. The Bertz CT molecular complexity index is 873. The molecule has 0 bridgehead atoms. The molecule has 0 saturated carbocycles. The summed E-state index contributed by atoms with van der Waals surface area (Å²) in [5, 5.41) is 2.69. The van der Waals surface area contributed by atoms with E-state index in [2.05, 4.69) is 9.71 Å². The lowest BCUT2D eigenvalue weighted by Crippen LogP contribution is -2.29. The molecule has 1 aliphatic rings. The van der Waals surface area contributed by atoms with Gasteiger partial charge in [-0.3, -0.25) is 4.79 Å². The van der Waals surface area contributed by atoms with Crippen molar-refractivity contribution in [2.24, 2.45) is 4.40 Å². The lowest BCUT2D eigenvalue weighted by Gasteiger charge is -2.24. The van der Waals surface area contributed by atoms with Gasteiger partial charge in [0.1, 0.15) is 17.0 Å². The number of furan rings is 1. The first kappa shape index (κ1) is 16.3. The fourth-order valence-electron chi connectivity index (χ4n) is 2.44. The highest BCUT2D eigenvalue weighted by Crippen LogP contribution is 2.30. The van der Waals surface area contributed by atoms with E-state index in [-0.39, 0.29) is 22.9 Å². The van der Waals surface area contributed by atoms with E-state index in [1.807, 2.05) is 6.92 Å². The van der Waals surface area contributed by atoms with Crippen LogP contribution in [0.5, 0.6) is 0 Å². The number of benzene rings is 1. The number of fused-ring (bicyclic) bond motifs is 1. The summed E-state index contributed by atoms with van der Waals surface area (Å²) in [6.07, 6.45) is 3.68. The molecule has 1 aliphatic heterocycles. The Labute approximate surface area is 140 Å². The van der Waals surface area contributed by atoms with Crippen LogP contribution in [-0.2, 0) is 16.6 Å². The monoisotopic (exact) mass is 347 g/mol. The van der Waals surface area contributed by atoms with E-state index in [9.17, 15) is 13.2 Å². The van der Waals surface area contributed by atoms with Gasteiger partial charge in [-0.25, -0.2) is 0 Å². The molecule has 0 aliphatic carbocycles. The third-order valence-electron chi connectivity index (χ3n) is 3.60. The molecule has 0 spiro atoms. The van der Waals surface area contributed by atoms with Crippen LogP contribution in [0, 0.1) is 0 Å². The number of carbonyl (C=O) groups excluding carboxylic acids is 1. The number of anilines is 1. The normalized spacial score (nSPS) is 15.1. The summed E-state index contributed by atoms with van der Waals surface area (Å²) in [6.45, 7) is 2.87. The summed E-state index contributed by atoms with van der Waals surface area (Å²) in [6, 6.07) is 8.08. The van der Waals surface area contributed by atoms with Crippen LogP contribution in [0.1, 0.15) is 29.5 Å². The minimum absolute atomic E-state index is 0.0455. The first-order valence-electron chi connectivity index (χ1n) is 7.53. The van der Waals surface area contributed by atoms with Crippen LogP contribution in [0.15, 0.2) is 50.3 Å². The Morgan fingerprint density at radius 3 is 2.88 bits per heavy atom. The summed E-state index contributed by atoms with van der Waals surface area (Å²) in [7, 11) is -3.78. The molecular weight excluding hydrogens is 330 g/mol. The molecule has 1 aromatic carbocycles. The van der Waals surface area contributed by atoms with E-state index in [4.69, 9.17) is 4.42 Å². The van der Waals surface area contributed by atoms with Gasteiger partial charge < -0.3 is 14.6 Å². The second-order valence-corrected chi connectivity index (χ2v) is 6.93. The minimum Gasteiger partial charge on any atom is -0.467 e. The number of nitrogens with zero attached hydrogens (tertiary/aromatic N) is 2. The maximum absolute atomic E-state index is 12.2. The van der Waals surface area contributed by atoms with Gasteiger partial charge in [0.25, 0.3) is 15.9 Å². The maximum Gasteiger partial charge on any atom is 0.285 e. The van der Waals surface area contributed by atoms with Gasteiger partial charge in [-0.2, -0.15) is 8.42 Å². The van der Waals surface area contributed by atoms with Crippen LogP contribution in [0.25, 0.3) is 0 Å². The summed E-state index contributed by atoms with van der Waals surface area (Å²) in [4.78, 5) is 14.1. The van der Waals surface area contributed by atoms with Gasteiger partial charge in [0.2, 0.25) is 0 Å². The largest absolute Gasteiger partial charge is 0.467 e. The fourth-order valence-corrected chi connectivity index (χ4v) is 3.52. The van der Waals surface area contributed by atoms with Gasteiger partial charge in [-0.05, 0) is 36.8 Å². The second kappa shape index (κ2) is 6.48. The van der Waals surface area contributed by atoms with Crippen molar-refractivity contribution in [2.75, 3.05) is 11.4 Å². The summed E-state index contributed by atoms with van der Waals surface area (Å²) >= 11 is 0. The molecule has 3 rings (SSSR count). The van der Waals surface area contributed by atoms with Crippen molar-refractivity contribution >= 4 is 28.0 Å².